The highest BCUT2D eigenvalue weighted by Crippen LogP contribution is 2.24. The number of aromatic nitrogens is 2. The third-order valence-electron chi connectivity index (χ3n) is 3.63. The Morgan fingerprint density at radius 1 is 1.28 bits per heavy atom. The van der Waals surface area contributed by atoms with Gasteiger partial charge in [0.25, 0.3) is 11.6 Å². The highest BCUT2D eigenvalue weighted by molar-refractivity contribution is 6.31. The van der Waals surface area contributed by atoms with Crippen LogP contribution in [0.15, 0.2) is 30.6 Å². The van der Waals surface area contributed by atoms with E-state index in [0.29, 0.717) is 32.1 Å². The van der Waals surface area contributed by atoms with Crippen LogP contribution in [0, 0.1) is 10.1 Å². The van der Waals surface area contributed by atoms with Crippen molar-refractivity contribution in [2.24, 2.45) is 0 Å². The zero-order chi connectivity index (χ0) is 17.8. The average molecular weight is 364 g/mol. The second-order valence-electron chi connectivity index (χ2n) is 5.23. The van der Waals surface area contributed by atoms with Gasteiger partial charge >= 0.3 is 0 Å². The van der Waals surface area contributed by atoms with Crippen LogP contribution < -0.4 is 10.2 Å². The molecule has 25 heavy (non-hydrogen) atoms. The third-order valence-corrected chi connectivity index (χ3v) is 3.86. The number of nitrogens with one attached hydrogen (secondary N) is 1. The van der Waals surface area contributed by atoms with Crippen LogP contribution in [0.4, 0.5) is 17.3 Å². The minimum atomic E-state index is -0.666. The van der Waals surface area contributed by atoms with E-state index in [0.717, 1.165) is 0 Å². The number of nitrogens with zero attached hydrogens (tertiary/aromatic N) is 4. The molecule has 2 heterocycles. The molecule has 0 radical (unpaired) electrons. The van der Waals surface area contributed by atoms with Gasteiger partial charge in [-0.1, -0.05) is 11.6 Å². The lowest BCUT2D eigenvalue weighted by Gasteiger charge is -2.27. The Kier molecular flexibility index (Phi) is 5.05. The first-order chi connectivity index (χ1) is 12.0. The number of hydrogen-bond acceptors (Lipinski definition) is 7. The molecular formula is C15H14ClN5O4. The maximum absolute atomic E-state index is 12.4. The number of rotatable bonds is 4. The molecule has 1 fully saturated rings. The van der Waals surface area contributed by atoms with Crippen LogP contribution in [-0.4, -0.2) is 47.1 Å². The fraction of sp³-hybridized carbons (Fsp3) is 0.267. The first kappa shape index (κ1) is 17.1. The number of hydrogen-bond donors (Lipinski definition) is 1. The number of morpholine rings is 1. The van der Waals surface area contributed by atoms with Crippen LogP contribution >= 0.6 is 11.6 Å². The molecule has 0 bridgehead atoms. The van der Waals surface area contributed by atoms with Crippen LogP contribution in [0.2, 0.25) is 5.02 Å². The summed E-state index contributed by atoms with van der Waals surface area (Å²) < 4.78 is 5.29. The molecular weight excluding hydrogens is 350 g/mol. The van der Waals surface area contributed by atoms with Gasteiger partial charge in [0.15, 0.2) is 0 Å². The first-order valence-electron chi connectivity index (χ1n) is 7.44. The first-order valence-corrected chi connectivity index (χ1v) is 7.82. The van der Waals surface area contributed by atoms with E-state index in [1.54, 1.807) is 6.07 Å². The second kappa shape index (κ2) is 7.41. The number of nitro benzene ring substituents is 1. The van der Waals surface area contributed by atoms with Crippen molar-refractivity contribution in [1.82, 2.24) is 9.97 Å². The Hall–Kier alpha value is -2.78. The molecule has 0 spiro atoms. The fourth-order valence-electron chi connectivity index (χ4n) is 2.41. The quantitative estimate of drug-likeness (QED) is 0.654. The topological polar surface area (TPSA) is 110 Å². The summed E-state index contributed by atoms with van der Waals surface area (Å²) in [6.45, 7) is 2.56. The Bertz CT molecular complexity index is 810. The molecule has 2 aromatic rings. The molecule has 3 rings (SSSR count). The van der Waals surface area contributed by atoms with E-state index in [2.05, 4.69) is 15.3 Å². The van der Waals surface area contributed by atoms with E-state index in [4.69, 9.17) is 16.3 Å². The Morgan fingerprint density at radius 2 is 2.04 bits per heavy atom. The van der Waals surface area contributed by atoms with Crippen LogP contribution in [0.5, 0.6) is 0 Å². The van der Waals surface area contributed by atoms with Gasteiger partial charge in [0.05, 0.1) is 18.1 Å². The molecule has 0 aliphatic carbocycles. The van der Waals surface area contributed by atoms with Gasteiger partial charge in [0.1, 0.15) is 23.5 Å². The molecule has 0 saturated carbocycles. The molecule has 1 aromatic carbocycles. The Morgan fingerprint density at radius 3 is 2.76 bits per heavy atom. The van der Waals surface area contributed by atoms with E-state index >= 15 is 0 Å². The lowest BCUT2D eigenvalue weighted by Crippen LogP contribution is -2.36. The maximum atomic E-state index is 12.4. The van der Waals surface area contributed by atoms with Gasteiger partial charge in [0.2, 0.25) is 0 Å². The maximum Gasteiger partial charge on any atom is 0.282 e. The van der Waals surface area contributed by atoms with Crippen molar-refractivity contribution in [1.29, 1.82) is 0 Å². The van der Waals surface area contributed by atoms with Gasteiger partial charge in [-0.25, -0.2) is 9.97 Å². The van der Waals surface area contributed by atoms with Crippen LogP contribution in [0.3, 0.4) is 0 Å². The van der Waals surface area contributed by atoms with Gasteiger partial charge in [-0.3, -0.25) is 14.9 Å². The standard InChI is InChI=1S/C15H14ClN5O4/c16-10-1-2-12(21(23)24)11(7-10)15(22)19-13-8-14(18-9-17-13)20-3-5-25-6-4-20/h1-2,7-9H,3-6H2,(H,17,18,19,22). The van der Waals surface area contributed by atoms with Gasteiger partial charge in [-0.15, -0.1) is 0 Å². The molecule has 9 nitrogen and oxygen atoms in total. The Labute approximate surface area is 147 Å². The third kappa shape index (κ3) is 4.01. The molecule has 0 atom stereocenters. The van der Waals surface area contributed by atoms with E-state index in [1.807, 2.05) is 4.90 Å². The van der Waals surface area contributed by atoms with Crippen molar-refractivity contribution in [3.8, 4) is 0 Å². The molecule has 1 amide bonds. The summed E-state index contributed by atoms with van der Waals surface area (Å²) in [5, 5.41) is 13.9. The van der Waals surface area contributed by atoms with Crippen LogP contribution in [0.25, 0.3) is 0 Å². The average Bonchev–Trinajstić information content (AvgIpc) is 2.62. The minimum absolute atomic E-state index is 0.135. The summed E-state index contributed by atoms with van der Waals surface area (Å²) in [6, 6.07) is 5.41. The minimum Gasteiger partial charge on any atom is -0.378 e. The zero-order valence-electron chi connectivity index (χ0n) is 13.0. The highest BCUT2D eigenvalue weighted by atomic mass is 35.5. The second-order valence-corrected chi connectivity index (χ2v) is 5.67. The van der Waals surface area contributed by atoms with Gasteiger partial charge < -0.3 is 15.0 Å². The van der Waals surface area contributed by atoms with Crippen LogP contribution in [-0.2, 0) is 4.74 Å². The van der Waals surface area contributed by atoms with E-state index in [-0.39, 0.29) is 22.1 Å². The fourth-order valence-corrected chi connectivity index (χ4v) is 2.59. The van der Waals surface area contributed by atoms with Crippen molar-refractivity contribution in [3.63, 3.8) is 0 Å². The van der Waals surface area contributed by atoms with E-state index in [1.165, 1.54) is 24.5 Å². The molecule has 1 aromatic heterocycles. The normalized spacial score (nSPS) is 14.2. The Balaban J connectivity index is 1.82. The number of carbonyl (C=O) groups excluding carboxylic acids is 1. The smallest absolute Gasteiger partial charge is 0.282 e. The number of halogens is 1. The molecule has 130 valence electrons. The molecule has 1 saturated heterocycles. The summed E-state index contributed by atoms with van der Waals surface area (Å²) in [7, 11) is 0. The lowest BCUT2D eigenvalue weighted by molar-refractivity contribution is -0.385. The van der Waals surface area contributed by atoms with E-state index < -0.39 is 10.8 Å². The van der Waals surface area contributed by atoms with Gasteiger partial charge in [-0.2, -0.15) is 0 Å². The molecule has 0 unspecified atom stereocenters. The summed E-state index contributed by atoms with van der Waals surface area (Å²) in [5.41, 5.74) is -0.464. The highest BCUT2D eigenvalue weighted by Gasteiger charge is 2.21. The lowest BCUT2D eigenvalue weighted by atomic mass is 10.1. The van der Waals surface area contributed by atoms with Crippen molar-refractivity contribution >= 4 is 34.8 Å². The monoisotopic (exact) mass is 363 g/mol. The van der Waals surface area contributed by atoms with Gasteiger partial charge in [-0.05, 0) is 12.1 Å². The van der Waals surface area contributed by atoms with Crippen LogP contribution in [0.1, 0.15) is 10.4 Å². The predicted molar refractivity (Wildman–Crippen MR) is 91.1 cm³/mol. The van der Waals surface area contributed by atoms with Crippen molar-refractivity contribution < 1.29 is 14.5 Å². The summed E-state index contributed by atoms with van der Waals surface area (Å²) in [4.78, 5) is 33.0. The van der Waals surface area contributed by atoms with Gasteiger partial charge in [0, 0.05) is 30.2 Å². The number of carbonyl (C=O) groups is 1. The van der Waals surface area contributed by atoms with E-state index in [9.17, 15) is 14.9 Å². The number of ether oxygens (including phenoxy) is 1. The summed E-state index contributed by atoms with van der Waals surface area (Å²) in [6.07, 6.45) is 1.33. The molecule has 1 aliphatic rings. The summed E-state index contributed by atoms with van der Waals surface area (Å²) >= 11 is 5.85. The summed E-state index contributed by atoms with van der Waals surface area (Å²) in [5.74, 6) is 0.228. The molecule has 10 heteroatoms. The molecule has 1 N–H and O–H groups in total. The zero-order valence-corrected chi connectivity index (χ0v) is 13.8. The number of nitro groups is 1. The van der Waals surface area contributed by atoms with Crippen molar-refractivity contribution in [2.75, 3.05) is 36.5 Å². The number of amides is 1. The predicted octanol–water partition coefficient (Wildman–Crippen LogP) is 2.13. The number of benzene rings is 1. The largest absolute Gasteiger partial charge is 0.378 e. The van der Waals surface area contributed by atoms with Crippen molar-refractivity contribution in [2.45, 2.75) is 0 Å². The van der Waals surface area contributed by atoms with Crippen molar-refractivity contribution in [3.05, 3.63) is 51.3 Å². The SMILES string of the molecule is O=C(Nc1cc(N2CCOCC2)ncn1)c1cc(Cl)ccc1[N+](=O)[O-]. The number of anilines is 2. The molecule has 1 aliphatic heterocycles.